The third kappa shape index (κ3) is 4.72. The number of aliphatic carboxylic acids is 1. The lowest BCUT2D eigenvalue weighted by Gasteiger charge is -2.14. The number of carbonyl (C=O) groups is 3. The fourth-order valence-corrected chi connectivity index (χ4v) is 4.04. The van der Waals surface area contributed by atoms with E-state index in [0.29, 0.717) is 0 Å². The summed E-state index contributed by atoms with van der Waals surface area (Å²) in [7, 11) is 1.58. The lowest BCUT2D eigenvalue weighted by atomic mass is 9.98. The molecule has 0 saturated carbocycles. The van der Waals surface area contributed by atoms with Crippen LogP contribution in [0.4, 0.5) is 10.6 Å². The molecule has 0 spiro atoms. The highest BCUT2D eigenvalue weighted by atomic mass is 16.5. The molecule has 170 valence electrons. The van der Waals surface area contributed by atoms with Crippen LogP contribution in [0.25, 0.3) is 11.1 Å². The summed E-state index contributed by atoms with van der Waals surface area (Å²) in [6, 6.07) is 17.0. The Balaban J connectivity index is 1.39. The van der Waals surface area contributed by atoms with Gasteiger partial charge in [0.25, 0.3) is 5.91 Å². The van der Waals surface area contributed by atoms with Gasteiger partial charge in [0, 0.05) is 25.1 Å². The molecule has 0 saturated heterocycles. The van der Waals surface area contributed by atoms with Gasteiger partial charge in [0.05, 0.1) is 6.42 Å². The molecular formula is C24H24N4O5. The molecule has 3 N–H and O–H groups in total. The largest absolute Gasteiger partial charge is 0.481 e. The predicted octanol–water partition coefficient (Wildman–Crippen LogP) is 3.37. The molecule has 0 radical (unpaired) electrons. The quantitative estimate of drug-likeness (QED) is 0.509. The number of hydrogen-bond donors (Lipinski definition) is 3. The number of nitrogens with zero attached hydrogens (tertiary/aromatic N) is 2. The normalized spacial score (nSPS) is 13.0. The summed E-state index contributed by atoms with van der Waals surface area (Å²) in [5.74, 6) is -1.32. The first kappa shape index (κ1) is 22.1. The molecule has 9 nitrogen and oxygen atoms in total. The molecular weight excluding hydrogens is 424 g/mol. The zero-order valence-electron chi connectivity index (χ0n) is 18.2. The smallest absolute Gasteiger partial charge is 0.412 e. The van der Waals surface area contributed by atoms with Gasteiger partial charge in [0.2, 0.25) is 0 Å². The van der Waals surface area contributed by atoms with E-state index in [0.717, 1.165) is 22.3 Å². The standard InChI is InChI=1S/C24H24N4O5/c1-14(11-22(29)30)25-23(31)20-12-21(28(2)27-20)26-24(32)33-13-19-17-9-5-3-7-15(17)16-8-4-6-10-18(16)19/h3-10,12,14,19H,11,13H2,1-2H3,(H,25,31)(H,26,32)(H,29,30)/t14-/m0/s1. The Hall–Kier alpha value is -4.14. The number of carboxylic acids is 1. The maximum Gasteiger partial charge on any atom is 0.412 e. The van der Waals surface area contributed by atoms with Crippen molar-refractivity contribution in [2.75, 3.05) is 11.9 Å². The Morgan fingerprint density at radius 2 is 1.70 bits per heavy atom. The van der Waals surface area contributed by atoms with Crippen molar-refractivity contribution in [3.63, 3.8) is 0 Å². The third-order valence-corrected chi connectivity index (χ3v) is 5.54. The summed E-state index contributed by atoms with van der Waals surface area (Å²) >= 11 is 0. The van der Waals surface area contributed by atoms with E-state index in [1.807, 2.05) is 36.4 Å². The van der Waals surface area contributed by atoms with Crippen LogP contribution in [0.5, 0.6) is 0 Å². The summed E-state index contributed by atoms with van der Waals surface area (Å²) in [5.41, 5.74) is 4.56. The number of nitrogens with one attached hydrogen (secondary N) is 2. The highest BCUT2D eigenvalue weighted by Gasteiger charge is 2.29. The number of anilines is 1. The van der Waals surface area contributed by atoms with Crippen molar-refractivity contribution in [1.29, 1.82) is 0 Å². The molecule has 9 heteroatoms. The molecule has 0 unspecified atom stereocenters. The molecule has 1 aromatic heterocycles. The van der Waals surface area contributed by atoms with Gasteiger partial charge >= 0.3 is 12.1 Å². The zero-order valence-corrected chi connectivity index (χ0v) is 18.2. The Labute approximate surface area is 190 Å². The van der Waals surface area contributed by atoms with Gasteiger partial charge in [-0.25, -0.2) is 4.79 Å². The molecule has 1 aliphatic carbocycles. The molecule has 0 aliphatic heterocycles. The number of fused-ring (bicyclic) bond motifs is 3. The van der Waals surface area contributed by atoms with Crippen LogP contribution in [-0.4, -0.2) is 45.5 Å². The number of aryl methyl sites for hydroxylation is 1. The van der Waals surface area contributed by atoms with Crippen molar-refractivity contribution in [1.82, 2.24) is 15.1 Å². The summed E-state index contributed by atoms with van der Waals surface area (Å²) in [4.78, 5) is 35.5. The number of ether oxygens (including phenoxy) is 1. The number of carbonyl (C=O) groups excluding carboxylic acids is 2. The highest BCUT2D eigenvalue weighted by molar-refractivity contribution is 5.94. The first-order valence-electron chi connectivity index (χ1n) is 10.5. The van der Waals surface area contributed by atoms with Gasteiger partial charge in [-0.3, -0.25) is 19.6 Å². The Morgan fingerprint density at radius 1 is 1.09 bits per heavy atom. The van der Waals surface area contributed by atoms with Gasteiger partial charge in [-0.1, -0.05) is 48.5 Å². The van der Waals surface area contributed by atoms with Crippen molar-refractivity contribution in [3.8, 4) is 11.1 Å². The second kappa shape index (κ2) is 9.15. The van der Waals surface area contributed by atoms with Crippen LogP contribution in [-0.2, 0) is 16.6 Å². The van der Waals surface area contributed by atoms with E-state index < -0.39 is 24.0 Å². The number of amides is 2. The second-order valence-corrected chi connectivity index (χ2v) is 7.96. The average molecular weight is 448 g/mol. The van der Waals surface area contributed by atoms with E-state index in [2.05, 4.69) is 27.9 Å². The van der Waals surface area contributed by atoms with Crippen LogP contribution in [0.1, 0.15) is 40.9 Å². The molecule has 33 heavy (non-hydrogen) atoms. The molecule has 1 aliphatic rings. The van der Waals surface area contributed by atoms with Crippen molar-refractivity contribution in [3.05, 3.63) is 71.4 Å². The zero-order chi connectivity index (χ0) is 23.5. The van der Waals surface area contributed by atoms with Gasteiger partial charge in [0.1, 0.15) is 12.4 Å². The summed E-state index contributed by atoms with van der Waals surface area (Å²) in [6.07, 6.45) is -0.866. The number of hydrogen-bond acceptors (Lipinski definition) is 5. The number of aromatic nitrogens is 2. The first-order valence-corrected chi connectivity index (χ1v) is 10.5. The monoisotopic (exact) mass is 448 g/mol. The highest BCUT2D eigenvalue weighted by Crippen LogP contribution is 2.44. The van der Waals surface area contributed by atoms with Crippen molar-refractivity contribution < 1.29 is 24.2 Å². The van der Waals surface area contributed by atoms with Crippen molar-refractivity contribution in [2.24, 2.45) is 7.05 Å². The molecule has 0 fully saturated rings. The molecule has 2 aromatic carbocycles. The van der Waals surface area contributed by atoms with Gasteiger partial charge in [-0.05, 0) is 29.2 Å². The molecule has 3 aromatic rings. The van der Waals surface area contributed by atoms with Gasteiger partial charge in [-0.2, -0.15) is 5.10 Å². The average Bonchev–Trinajstić information content (AvgIpc) is 3.29. The van der Waals surface area contributed by atoms with Crippen LogP contribution in [0, 0.1) is 0 Å². The van der Waals surface area contributed by atoms with Crippen molar-refractivity contribution >= 4 is 23.8 Å². The number of rotatable bonds is 7. The second-order valence-electron chi connectivity index (χ2n) is 7.96. The van der Waals surface area contributed by atoms with Crippen LogP contribution in [0.15, 0.2) is 54.6 Å². The Morgan fingerprint density at radius 3 is 2.30 bits per heavy atom. The lowest BCUT2D eigenvalue weighted by molar-refractivity contribution is -0.137. The summed E-state index contributed by atoms with van der Waals surface area (Å²) in [5, 5.41) is 18.1. The maximum absolute atomic E-state index is 12.5. The fourth-order valence-electron chi connectivity index (χ4n) is 4.04. The van der Waals surface area contributed by atoms with E-state index >= 15 is 0 Å². The van der Waals surface area contributed by atoms with Crippen molar-refractivity contribution in [2.45, 2.75) is 25.3 Å². The van der Waals surface area contributed by atoms with Crippen LogP contribution < -0.4 is 10.6 Å². The van der Waals surface area contributed by atoms with Gasteiger partial charge in [0.15, 0.2) is 5.69 Å². The SMILES string of the molecule is C[C@@H](CC(=O)O)NC(=O)c1cc(NC(=O)OCC2c3ccccc3-c3ccccc32)n(C)n1. The molecule has 0 bridgehead atoms. The maximum atomic E-state index is 12.5. The molecule has 4 rings (SSSR count). The minimum atomic E-state index is -1.01. The Bertz CT molecular complexity index is 1170. The van der Waals surface area contributed by atoms with E-state index in [1.165, 1.54) is 10.7 Å². The van der Waals surface area contributed by atoms with Crippen LogP contribution in [0.3, 0.4) is 0 Å². The van der Waals surface area contributed by atoms with Gasteiger partial charge in [-0.15, -0.1) is 0 Å². The number of carboxylic acid groups (broad SMARTS) is 1. The summed E-state index contributed by atoms with van der Waals surface area (Å²) in [6.45, 7) is 1.75. The molecule has 1 atom stereocenters. The van der Waals surface area contributed by atoms with Crippen LogP contribution >= 0.6 is 0 Å². The van der Waals surface area contributed by atoms with E-state index in [9.17, 15) is 14.4 Å². The van der Waals surface area contributed by atoms with Crippen LogP contribution in [0.2, 0.25) is 0 Å². The topological polar surface area (TPSA) is 123 Å². The number of benzene rings is 2. The fraction of sp³-hybridized carbons (Fsp3) is 0.250. The Kier molecular flexibility index (Phi) is 6.12. The van der Waals surface area contributed by atoms with E-state index in [1.54, 1.807) is 14.0 Å². The minimum Gasteiger partial charge on any atom is -0.481 e. The molecule has 1 heterocycles. The van der Waals surface area contributed by atoms with Gasteiger partial charge < -0.3 is 15.2 Å². The lowest BCUT2D eigenvalue weighted by Crippen LogP contribution is -2.34. The summed E-state index contributed by atoms with van der Waals surface area (Å²) < 4.78 is 6.87. The predicted molar refractivity (Wildman–Crippen MR) is 121 cm³/mol. The minimum absolute atomic E-state index is 0.0590. The first-order chi connectivity index (χ1) is 15.8. The third-order valence-electron chi connectivity index (χ3n) is 5.54. The van der Waals surface area contributed by atoms with E-state index in [4.69, 9.17) is 9.84 Å². The molecule has 2 amide bonds. The van der Waals surface area contributed by atoms with E-state index in [-0.39, 0.29) is 30.5 Å².